The van der Waals surface area contributed by atoms with Crippen LogP contribution < -0.4 is 0 Å². The Bertz CT molecular complexity index is 237. The van der Waals surface area contributed by atoms with Crippen LogP contribution in [0.3, 0.4) is 0 Å². The molecule has 0 unspecified atom stereocenters. The third-order valence-electron chi connectivity index (χ3n) is 1.28. The van der Waals surface area contributed by atoms with Gasteiger partial charge in [0.25, 0.3) is 0 Å². The van der Waals surface area contributed by atoms with Crippen molar-refractivity contribution in [3.05, 3.63) is 34.6 Å². The van der Waals surface area contributed by atoms with Gasteiger partial charge in [0.1, 0.15) is 0 Å². The number of benzene rings is 1. The molecule has 0 bridgehead atoms. The van der Waals surface area contributed by atoms with Crippen LogP contribution in [-0.4, -0.2) is 0 Å². The average Bonchev–Trinajstić information content (AvgIpc) is 1.88. The molecule has 0 spiro atoms. The zero-order valence-corrected chi connectivity index (χ0v) is 9.13. The van der Waals surface area contributed by atoms with Crippen molar-refractivity contribution in [1.29, 1.82) is 0 Å². The van der Waals surface area contributed by atoms with Gasteiger partial charge in [0.15, 0.2) is 0 Å². The van der Waals surface area contributed by atoms with E-state index >= 15 is 0 Å². The van der Waals surface area contributed by atoms with Gasteiger partial charge in [0.05, 0.1) is 0 Å². The minimum absolute atomic E-state index is 0.182. The van der Waals surface area contributed by atoms with Crippen LogP contribution in [0.15, 0.2) is 18.2 Å². The maximum atomic E-state index is 12.8. The fraction of sp³-hybridized carbons (Fsp3) is 0.143. The molecule has 10 heavy (non-hydrogen) atoms. The molecule has 49 valence electrons. The molecule has 0 aliphatic heterocycles. The molecule has 0 aliphatic carbocycles. The van der Waals surface area contributed by atoms with Crippen LogP contribution in [0.2, 0.25) is 5.02 Å². The number of hydrogen-bond acceptors (Lipinski definition) is 0. The zero-order valence-electron chi connectivity index (χ0n) is 5.40. The first-order valence-electron chi connectivity index (χ1n) is 2.97. The third-order valence-corrected chi connectivity index (χ3v) is 2.65. The van der Waals surface area contributed by atoms with Crippen molar-refractivity contribution in [3.63, 3.8) is 0 Å². The molecule has 0 nitrogen and oxygen atoms in total. The Morgan fingerprint density at radius 3 is 2.70 bits per heavy atom. The summed E-state index contributed by atoms with van der Waals surface area (Å²) in [5.74, 6) is -0.182. The van der Waals surface area contributed by atoms with Crippen LogP contribution in [0.5, 0.6) is 0 Å². The summed E-state index contributed by atoms with van der Waals surface area (Å²) in [6.07, 6.45) is 0. The summed E-state index contributed by atoms with van der Waals surface area (Å²) in [7, 11) is 0. The molecular formula is C7H5ClFZn. The third kappa shape index (κ3) is 1.77. The molecule has 0 aliphatic rings. The van der Waals surface area contributed by atoms with Crippen molar-refractivity contribution in [2.24, 2.45) is 0 Å². The van der Waals surface area contributed by atoms with E-state index in [1.165, 1.54) is 6.07 Å². The van der Waals surface area contributed by atoms with E-state index in [1.54, 1.807) is 12.1 Å². The normalized spacial score (nSPS) is 10.0. The first-order chi connectivity index (χ1) is 4.74. The van der Waals surface area contributed by atoms with Crippen molar-refractivity contribution in [2.75, 3.05) is 0 Å². The van der Waals surface area contributed by atoms with Gasteiger partial charge in [-0.15, -0.1) is 0 Å². The fourth-order valence-corrected chi connectivity index (χ4v) is 1.73. The Labute approximate surface area is 74.1 Å². The van der Waals surface area contributed by atoms with E-state index in [2.05, 4.69) is 0 Å². The molecule has 0 atom stereocenters. The summed E-state index contributed by atoms with van der Waals surface area (Å²) in [5, 5.41) is 1.30. The average molecular weight is 209 g/mol. The second kappa shape index (κ2) is 3.45. The molecule has 3 heteroatoms. The van der Waals surface area contributed by atoms with Gasteiger partial charge in [-0.3, -0.25) is 0 Å². The summed E-state index contributed by atoms with van der Waals surface area (Å²) < 4.78 is 12.8. The number of rotatable bonds is 1. The molecule has 0 aromatic heterocycles. The Morgan fingerprint density at radius 1 is 1.50 bits per heavy atom. The fourth-order valence-electron chi connectivity index (χ4n) is 0.724. The monoisotopic (exact) mass is 207 g/mol. The van der Waals surface area contributed by atoms with Crippen LogP contribution in [0.25, 0.3) is 0 Å². The molecule has 0 amide bonds. The van der Waals surface area contributed by atoms with Gasteiger partial charge in [-0.1, -0.05) is 0 Å². The zero-order chi connectivity index (χ0) is 7.56. The van der Waals surface area contributed by atoms with Gasteiger partial charge in [0, 0.05) is 0 Å². The van der Waals surface area contributed by atoms with Gasteiger partial charge in [-0.05, 0) is 0 Å². The van der Waals surface area contributed by atoms with Crippen molar-refractivity contribution >= 4 is 11.6 Å². The summed E-state index contributed by atoms with van der Waals surface area (Å²) in [4.78, 5) is 0. The predicted octanol–water partition coefficient (Wildman–Crippen LogP) is 2.53. The van der Waals surface area contributed by atoms with E-state index in [-0.39, 0.29) is 5.82 Å². The van der Waals surface area contributed by atoms with E-state index in [9.17, 15) is 4.39 Å². The topological polar surface area (TPSA) is 0 Å². The molecular weight excluding hydrogens is 204 g/mol. The predicted molar refractivity (Wildman–Crippen MR) is 35.1 cm³/mol. The first kappa shape index (κ1) is 8.16. The summed E-state index contributed by atoms with van der Waals surface area (Å²) in [6, 6.07) is 4.81. The number of halogens is 2. The van der Waals surface area contributed by atoms with Gasteiger partial charge in [-0.25, -0.2) is 0 Å². The van der Waals surface area contributed by atoms with Crippen LogP contribution >= 0.6 is 11.6 Å². The SMILES string of the molecule is Fc1cc(Cl)ccc1[CH2][Zn]. The quantitative estimate of drug-likeness (QED) is 0.623. The van der Waals surface area contributed by atoms with Crippen molar-refractivity contribution < 1.29 is 22.7 Å². The number of hydrogen-bond donors (Lipinski definition) is 0. The van der Waals surface area contributed by atoms with Crippen LogP contribution in [-0.2, 0) is 23.3 Å². The van der Waals surface area contributed by atoms with E-state index < -0.39 is 0 Å². The van der Waals surface area contributed by atoms with Gasteiger partial charge < -0.3 is 0 Å². The second-order valence-corrected chi connectivity index (χ2v) is 3.47. The Morgan fingerprint density at radius 2 is 2.20 bits per heavy atom. The van der Waals surface area contributed by atoms with E-state index in [4.69, 9.17) is 11.6 Å². The first-order valence-corrected chi connectivity index (χ1v) is 5.45. The molecule has 1 aromatic carbocycles. The van der Waals surface area contributed by atoms with Gasteiger partial charge >= 0.3 is 73.9 Å². The Balaban J connectivity index is 3.07. The van der Waals surface area contributed by atoms with Gasteiger partial charge in [0.2, 0.25) is 0 Å². The van der Waals surface area contributed by atoms with Crippen molar-refractivity contribution in [3.8, 4) is 0 Å². The van der Waals surface area contributed by atoms with Gasteiger partial charge in [-0.2, -0.15) is 0 Å². The van der Waals surface area contributed by atoms with E-state index in [0.29, 0.717) is 5.02 Å². The second-order valence-electron chi connectivity index (χ2n) is 1.99. The molecule has 0 saturated heterocycles. The summed E-state index contributed by atoms with van der Waals surface area (Å²) >= 11 is 6.63. The molecule has 0 saturated carbocycles. The molecule has 1 rings (SSSR count). The minimum atomic E-state index is -0.182. The molecule has 0 heterocycles. The van der Waals surface area contributed by atoms with Crippen molar-refractivity contribution in [1.82, 2.24) is 0 Å². The Kier molecular flexibility index (Phi) is 2.82. The van der Waals surface area contributed by atoms with Crippen LogP contribution in [0.4, 0.5) is 4.39 Å². The molecule has 1 aromatic rings. The van der Waals surface area contributed by atoms with Crippen molar-refractivity contribution in [2.45, 2.75) is 5.02 Å². The van der Waals surface area contributed by atoms with E-state index in [1.807, 2.05) is 0 Å². The summed E-state index contributed by atoms with van der Waals surface area (Å²) in [6.45, 7) is 0. The molecule has 0 N–H and O–H groups in total. The molecule has 0 fully saturated rings. The van der Waals surface area contributed by atoms with E-state index in [0.717, 1.165) is 28.9 Å². The van der Waals surface area contributed by atoms with Crippen LogP contribution in [0, 0.1) is 5.82 Å². The summed E-state index contributed by atoms with van der Waals surface area (Å²) in [5.41, 5.74) is 0.768. The Hall–Kier alpha value is 0.0634. The standard InChI is InChI=1S/C7H5ClF.Zn/c1-5-2-3-6(8)4-7(5)9;/h2-4H,1H2;. The van der Waals surface area contributed by atoms with Crippen LogP contribution in [0.1, 0.15) is 5.56 Å². The molecule has 0 radical (unpaired) electrons. The maximum absolute atomic E-state index is 12.8.